The number of methoxy groups -OCH3 is 1. The smallest absolute Gasteiger partial charge is 0.254 e. The van der Waals surface area contributed by atoms with Crippen molar-refractivity contribution in [1.82, 2.24) is 9.62 Å². The Hall–Kier alpha value is -2.22. The Morgan fingerprint density at radius 3 is 2.26 bits per heavy atom. The molecule has 0 spiro atoms. The summed E-state index contributed by atoms with van der Waals surface area (Å²) < 4.78 is 31.7. The van der Waals surface area contributed by atoms with Gasteiger partial charge in [0.15, 0.2) is 0 Å². The van der Waals surface area contributed by atoms with Gasteiger partial charge in [-0.1, -0.05) is 30.3 Å². The van der Waals surface area contributed by atoms with Crippen LogP contribution in [0.5, 0.6) is 0 Å². The molecule has 146 valence electrons. The summed E-state index contributed by atoms with van der Waals surface area (Å²) in [4.78, 5) is 14.8. The second-order valence-corrected chi connectivity index (χ2v) is 8.19. The monoisotopic (exact) mass is 390 g/mol. The third kappa shape index (κ3) is 5.89. The second kappa shape index (κ2) is 9.64. The van der Waals surface area contributed by atoms with Gasteiger partial charge in [-0.2, -0.15) is 0 Å². The maximum absolute atomic E-state index is 12.9. The van der Waals surface area contributed by atoms with E-state index in [1.165, 1.54) is 19.2 Å². The van der Waals surface area contributed by atoms with Gasteiger partial charge in [-0.3, -0.25) is 4.79 Å². The molecule has 0 bridgehead atoms. The number of amides is 1. The quantitative estimate of drug-likeness (QED) is 0.668. The molecule has 0 fully saturated rings. The van der Waals surface area contributed by atoms with E-state index in [2.05, 4.69) is 4.72 Å². The van der Waals surface area contributed by atoms with Crippen molar-refractivity contribution in [2.45, 2.75) is 31.3 Å². The largest absolute Gasteiger partial charge is 0.383 e. The molecular weight excluding hydrogens is 364 g/mol. The van der Waals surface area contributed by atoms with Gasteiger partial charge in [0.05, 0.1) is 11.5 Å². The zero-order chi connectivity index (χ0) is 19.9. The molecule has 0 saturated carbocycles. The molecule has 1 N–H and O–H groups in total. The first kappa shape index (κ1) is 21.1. The zero-order valence-electron chi connectivity index (χ0n) is 15.9. The van der Waals surface area contributed by atoms with Crippen molar-refractivity contribution in [2.75, 3.05) is 20.3 Å². The molecule has 27 heavy (non-hydrogen) atoms. The number of carbonyl (C=O) groups excluding carboxylic acids is 1. The van der Waals surface area contributed by atoms with E-state index in [1.807, 2.05) is 44.2 Å². The maximum Gasteiger partial charge on any atom is 0.254 e. The number of nitrogens with one attached hydrogen (secondary N) is 1. The maximum atomic E-state index is 12.9. The van der Waals surface area contributed by atoms with Crippen LogP contribution >= 0.6 is 0 Å². The van der Waals surface area contributed by atoms with Crippen LogP contribution in [0.4, 0.5) is 0 Å². The van der Waals surface area contributed by atoms with E-state index >= 15 is 0 Å². The van der Waals surface area contributed by atoms with Crippen molar-refractivity contribution >= 4 is 15.9 Å². The van der Waals surface area contributed by atoms with E-state index in [1.54, 1.807) is 17.0 Å². The Kier molecular flexibility index (Phi) is 7.53. The van der Waals surface area contributed by atoms with E-state index in [9.17, 15) is 13.2 Å². The Morgan fingerprint density at radius 2 is 1.70 bits per heavy atom. The lowest BCUT2D eigenvalue weighted by molar-refractivity contribution is 0.0690. The van der Waals surface area contributed by atoms with Crippen LogP contribution < -0.4 is 4.72 Å². The van der Waals surface area contributed by atoms with Gasteiger partial charge in [-0.25, -0.2) is 13.1 Å². The molecule has 0 atom stereocenters. The molecule has 2 rings (SSSR count). The summed E-state index contributed by atoms with van der Waals surface area (Å²) >= 11 is 0. The average molecular weight is 391 g/mol. The molecule has 0 saturated heterocycles. The van der Waals surface area contributed by atoms with Crippen LogP contribution in [0, 0.1) is 0 Å². The fourth-order valence-electron chi connectivity index (χ4n) is 2.57. The fraction of sp³-hybridized carbons (Fsp3) is 0.350. The van der Waals surface area contributed by atoms with Crippen LogP contribution in [0.25, 0.3) is 0 Å². The van der Waals surface area contributed by atoms with Crippen LogP contribution in [-0.2, 0) is 21.3 Å². The number of sulfonamides is 1. The van der Waals surface area contributed by atoms with Crippen molar-refractivity contribution in [2.24, 2.45) is 0 Å². The van der Waals surface area contributed by atoms with Gasteiger partial charge >= 0.3 is 0 Å². The first-order chi connectivity index (χ1) is 12.8. The van der Waals surface area contributed by atoms with Crippen LogP contribution in [0.3, 0.4) is 0 Å². The summed E-state index contributed by atoms with van der Waals surface area (Å²) in [6.45, 7) is 4.89. The lowest BCUT2D eigenvalue weighted by atomic mass is 10.1. The Morgan fingerprint density at radius 1 is 1.07 bits per heavy atom. The van der Waals surface area contributed by atoms with Gasteiger partial charge in [0, 0.05) is 31.8 Å². The predicted octanol–water partition coefficient (Wildman–Crippen LogP) is 2.66. The number of nitrogens with zero attached hydrogens (tertiary/aromatic N) is 1. The third-order valence-electron chi connectivity index (χ3n) is 4.09. The molecule has 0 aliphatic carbocycles. The molecule has 6 nitrogen and oxygen atoms in total. The predicted molar refractivity (Wildman–Crippen MR) is 105 cm³/mol. The minimum absolute atomic E-state index is 0.0109. The highest BCUT2D eigenvalue weighted by Crippen LogP contribution is 2.16. The van der Waals surface area contributed by atoms with E-state index in [-0.39, 0.29) is 23.4 Å². The second-order valence-electron chi connectivity index (χ2n) is 6.43. The van der Waals surface area contributed by atoms with E-state index in [0.29, 0.717) is 18.7 Å². The van der Waals surface area contributed by atoms with Crippen LogP contribution in [0.1, 0.15) is 29.8 Å². The highest BCUT2D eigenvalue weighted by Gasteiger charge is 2.20. The number of benzene rings is 2. The summed E-state index contributed by atoms with van der Waals surface area (Å²) in [7, 11) is -2.11. The molecule has 2 aromatic carbocycles. The topological polar surface area (TPSA) is 75.7 Å². The molecule has 0 unspecified atom stereocenters. The Balaban J connectivity index is 2.15. The first-order valence-corrected chi connectivity index (χ1v) is 10.3. The molecule has 0 radical (unpaired) electrons. The molecule has 0 aromatic heterocycles. The SMILES string of the molecule is COCCNS(=O)(=O)c1ccc(C(=O)N(Cc2ccccc2)C(C)C)cc1. The van der Waals surface area contributed by atoms with Crippen LogP contribution in [0.15, 0.2) is 59.5 Å². The van der Waals surface area contributed by atoms with Crippen molar-refractivity contribution in [3.05, 3.63) is 65.7 Å². The summed E-state index contributed by atoms with van der Waals surface area (Å²) in [5.41, 5.74) is 1.50. The molecule has 0 heterocycles. The summed E-state index contributed by atoms with van der Waals surface area (Å²) in [6, 6.07) is 15.8. The number of rotatable bonds is 9. The highest BCUT2D eigenvalue weighted by molar-refractivity contribution is 7.89. The van der Waals surface area contributed by atoms with Crippen molar-refractivity contribution in [1.29, 1.82) is 0 Å². The summed E-state index contributed by atoms with van der Waals surface area (Å²) in [5, 5.41) is 0. The molecule has 0 aliphatic rings. The van der Waals surface area contributed by atoms with Crippen LogP contribution in [0.2, 0.25) is 0 Å². The van der Waals surface area contributed by atoms with Gasteiger partial charge in [0.25, 0.3) is 5.91 Å². The van der Waals surface area contributed by atoms with Gasteiger partial charge in [0.1, 0.15) is 0 Å². The number of ether oxygens (including phenoxy) is 1. The normalized spacial score (nSPS) is 11.6. The minimum Gasteiger partial charge on any atom is -0.383 e. The number of hydrogen-bond acceptors (Lipinski definition) is 4. The van der Waals surface area contributed by atoms with Gasteiger partial charge < -0.3 is 9.64 Å². The van der Waals surface area contributed by atoms with E-state index in [0.717, 1.165) is 5.56 Å². The molecule has 1 amide bonds. The van der Waals surface area contributed by atoms with Crippen LogP contribution in [-0.4, -0.2) is 45.5 Å². The molecular formula is C20H26N2O4S. The number of hydrogen-bond donors (Lipinski definition) is 1. The van der Waals surface area contributed by atoms with Crippen molar-refractivity contribution < 1.29 is 17.9 Å². The minimum atomic E-state index is -3.62. The lowest BCUT2D eigenvalue weighted by Crippen LogP contribution is -2.36. The first-order valence-electron chi connectivity index (χ1n) is 8.78. The van der Waals surface area contributed by atoms with Gasteiger partial charge in [0.2, 0.25) is 10.0 Å². The third-order valence-corrected chi connectivity index (χ3v) is 5.57. The van der Waals surface area contributed by atoms with E-state index in [4.69, 9.17) is 4.74 Å². The van der Waals surface area contributed by atoms with Crippen molar-refractivity contribution in [3.63, 3.8) is 0 Å². The highest BCUT2D eigenvalue weighted by atomic mass is 32.2. The lowest BCUT2D eigenvalue weighted by Gasteiger charge is -2.27. The molecule has 7 heteroatoms. The summed E-state index contributed by atoms with van der Waals surface area (Å²) in [6.07, 6.45) is 0. The zero-order valence-corrected chi connectivity index (χ0v) is 16.7. The number of carbonyl (C=O) groups is 1. The molecule has 2 aromatic rings. The van der Waals surface area contributed by atoms with E-state index < -0.39 is 10.0 Å². The fourth-order valence-corrected chi connectivity index (χ4v) is 3.59. The van der Waals surface area contributed by atoms with Gasteiger partial charge in [-0.05, 0) is 43.7 Å². The Bertz CT molecular complexity index is 834. The average Bonchev–Trinajstić information content (AvgIpc) is 2.66. The summed E-state index contributed by atoms with van der Waals surface area (Å²) in [5.74, 6) is -0.134. The standard InChI is InChI=1S/C20H26N2O4S/c1-16(2)22(15-17-7-5-4-6-8-17)20(23)18-9-11-19(12-10-18)27(24,25)21-13-14-26-3/h4-12,16,21H,13-15H2,1-3H3. The Labute approximate surface area is 161 Å². The van der Waals surface area contributed by atoms with Gasteiger partial charge in [-0.15, -0.1) is 0 Å². The van der Waals surface area contributed by atoms with Crippen molar-refractivity contribution in [3.8, 4) is 0 Å². The molecule has 0 aliphatic heterocycles.